The standard InChI is InChI=1S/C7H9N2/c1-6(2)7-3-8-5-9-4-7/h3,5-6H,1-2H3. The largest absolute Gasteiger partial charge is 0.244 e. The molecular formula is C7H9N2. The van der Waals surface area contributed by atoms with Crippen LogP contribution in [0.25, 0.3) is 0 Å². The van der Waals surface area contributed by atoms with Crippen molar-refractivity contribution in [1.29, 1.82) is 0 Å². The van der Waals surface area contributed by atoms with Gasteiger partial charge >= 0.3 is 0 Å². The summed E-state index contributed by atoms with van der Waals surface area (Å²) in [7, 11) is 0. The second-order valence-corrected chi connectivity index (χ2v) is 2.24. The first-order chi connectivity index (χ1) is 4.30. The van der Waals surface area contributed by atoms with Crippen LogP contribution in [0.15, 0.2) is 12.5 Å². The van der Waals surface area contributed by atoms with E-state index in [2.05, 4.69) is 30.0 Å². The molecule has 0 N–H and O–H groups in total. The van der Waals surface area contributed by atoms with E-state index in [9.17, 15) is 0 Å². The summed E-state index contributed by atoms with van der Waals surface area (Å²) in [6.45, 7) is 4.18. The van der Waals surface area contributed by atoms with Crippen LogP contribution in [0, 0.1) is 6.20 Å². The number of nitrogens with zero attached hydrogens (tertiary/aromatic N) is 2. The fourth-order valence-corrected chi connectivity index (χ4v) is 0.557. The summed E-state index contributed by atoms with van der Waals surface area (Å²) in [4.78, 5) is 7.63. The van der Waals surface area contributed by atoms with Gasteiger partial charge in [-0.25, -0.2) is 9.97 Å². The minimum Gasteiger partial charge on any atom is -0.244 e. The highest BCUT2D eigenvalue weighted by Crippen LogP contribution is 2.08. The summed E-state index contributed by atoms with van der Waals surface area (Å²) in [5.74, 6) is 0.478. The van der Waals surface area contributed by atoms with Crippen molar-refractivity contribution >= 4 is 0 Å². The molecule has 1 heterocycles. The Hall–Kier alpha value is -0.920. The van der Waals surface area contributed by atoms with Gasteiger partial charge in [-0.05, 0) is 5.92 Å². The molecule has 0 saturated heterocycles. The number of hydrogen-bond acceptors (Lipinski definition) is 2. The molecule has 0 aliphatic rings. The lowest BCUT2D eigenvalue weighted by atomic mass is 10.1. The zero-order valence-corrected chi connectivity index (χ0v) is 5.63. The van der Waals surface area contributed by atoms with Gasteiger partial charge in [0, 0.05) is 11.8 Å². The molecule has 2 heteroatoms. The lowest BCUT2D eigenvalue weighted by Crippen LogP contribution is -1.89. The maximum Gasteiger partial charge on any atom is 0.116 e. The zero-order valence-electron chi connectivity index (χ0n) is 5.63. The van der Waals surface area contributed by atoms with E-state index in [0.717, 1.165) is 5.56 Å². The van der Waals surface area contributed by atoms with Crippen LogP contribution in [0.4, 0.5) is 0 Å². The van der Waals surface area contributed by atoms with Gasteiger partial charge < -0.3 is 0 Å². The Morgan fingerprint density at radius 3 is 2.67 bits per heavy atom. The van der Waals surface area contributed by atoms with E-state index in [4.69, 9.17) is 0 Å². The second kappa shape index (κ2) is 2.58. The lowest BCUT2D eigenvalue weighted by molar-refractivity contribution is 0.842. The third-order valence-corrected chi connectivity index (χ3v) is 1.15. The van der Waals surface area contributed by atoms with Crippen LogP contribution >= 0.6 is 0 Å². The van der Waals surface area contributed by atoms with Crippen LogP contribution in [-0.4, -0.2) is 9.97 Å². The molecule has 0 aromatic carbocycles. The number of aromatic nitrogens is 2. The van der Waals surface area contributed by atoms with Crippen molar-refractivity contribution in [3.8, 4) is 0 Å². The molecule has 1 rings (SSSR count). The summed E-state index contributed by atoms with van der Waals surface area (Å²) in [5, 5.41) is 0. The Balaban J connectivity index is 2.85. The first kappa shape index (κ1) is 6.20. The monoisotopic (exact) mass is 121 g/mol. The zero-order chi connectivity index (χ0) is 6.69. The average molecular weight is 121 g/mol. The molecule has 0 unspecified atom stereocenters. The van der Waals surface area contributed by atoms with E-state index in [1.54, 1.807) is 6.20 Å². The number of hydrogen-bond donors (Lipinski definition) is 0. The molecule has 0 saturated carbocycles. The Morgan fingerprint density at radius 2 is 2.33 bits per heavy atom. The molecule has 0 aliphatic heterocycles. The van der Waals surface area contributed by atoms with Crippen LogP contribution in [-0.2, 0) is 0 Å². The molecule has 2 nitrogen and oxygen atoms in total. The molecule has 0 spiro atoms. The molecule has 1 aromatic rings. The van der Waals surface area contributed by atoms with Crippen LogP contribution in [0.5, 0.6) is 0 Å². The molecule has 0 amide bonds. The van der Waals surface area contributed by atoms with Gasteiger partial charge in [-0.3, -0.25) is 0 Å². The predicted octanol–water partition coefficient (Wildman–Crippen LogP) is 1.40. The maximum absolute atomic E-state index is 3.86. The predicted molar refractivity (Wildman–Crippen MR) is 35.0 cm³/mol. The fraction of sp³-hybridized carbons (Fsp3) is 0.429. The fourth-order valence-electron chi connectivity index (χ4n) is 0.557. The van der Waals surface area contributed by atoms with Crippen molar-refractivity contribution in [2.75, 3.05) is 0 Å². The Morgan fingerprint density at radius 1 is 1.56 bits per heavy atom. The highest BCUT2D eigenvalue weighted by molar-refractivity contribution is 5.05. The Labute approximate surface area is 55.0 Å². The van der Waals surface area contributed by atoms with E-state index in [1.807, 2.05) is 0 Å². The normalized spacial score (nSPS) is 10.1. The molecule has 0 aliphatic carbocycles. The van der Waals surface area contributed by atoms with Crippen LogP contribution in [0.1, 0.15) is 25.3 Å². The first-order valence-corrected chi connectivity index (χ1v) is 2.98. The minimum absolute atomic E-state index is 0.478. The first-order valence-electron chi connectivity index (χ1n) is 2.98. The van der Waals surface area contributed by atoms with Crippen molar-refractivity contribution in [3.05, 3.63) is 24.3 Å². The lowest BCUT2D eigenvalue weighted by Gasteiger charge is -1.99. The van der Waals surface area contributed by atoms with Gasteiger partial charge in [0.05, 0.1) is 6.20 Å². The molecule has 0 atom stereocenters. The average Bonchev–Trinajstić information content (AvgIpc) is 1.90. The van der Waals surface area contributed by atoms with Crippen molar-refractivity contribution in [2.24, 2.45) is 0 Å². The van der Waals surface area contributed by atoms with Crippen LogP contribution in [0.3, 0.4) is 0 Å². The second-order valence-electron chi connectivity index (χ2n) is 2.24. The highest BCUT2D eigenvalue weighted by Gasteiger charge is 1.96. The molecule has 1 radical (unpaired) electrons. The Bertz CT molecular complexity index is 170. The summed E-state index contributed by atoms with van der Waals surface area (Å²) < 4.78 is 0. The minimum atomic E-state index is 0.478. The van der Waals surface area contributed by atoms with Gasteiger partial charge in [-0.2, -0.15) is 0 Å². The van der Waals surface area contributed by atoms with Crippen molar-refractivity contribution in [3.63, 3.8) is 0 Å². The van der Waals surface area contributed by atoms with Gasteiger partial charge in [0.25, 0.3) is 0 Å². The van der Waals surface area contributed by atoms with E-state index < -0.39 is 0 Å². The van der Waals surface area contributed by atoms with Gasteiger partial charge in [0.15, 0.2) is 0 Å². The number of rotatable bonds is 1. The summed E-state index contributed by atoms with van der Waals surface area (Å²) in [6, 6.07) is 0. The summed E-state index contributed by atoms with van der Waals surface area (Å²) in [6.07, 6.45) is 6.14. The molecule has 1 aromatic heterocycles. The van der Waals surface area contributed by atoms with Crippen LogP contribution in [0.2, 0.25) is 0 Å². The summed E-state index contributed by atoms with van der Waals surface area (Å²) in [5.41, 5.74) is 1.07. The van der Waals surface area contributed by atoms with Gasteiger partial charge in [0.1, 0.15) is 6.33 Å². The van der Waals surface area contributed by atoms with Gasteiger partial charge in [-0.15, -0.1) is 0 Å². The molecule has 0 bridgehead atoms. The van der Waals surface area contributed by atoms with E-state index in [1.165, 1.54) is 6.33 Å². The third kappa shape index (κ3) is 1.49. The van der Waals surface area contributed by atoms with Crippen molar-refractivity contribution in [2.45, 2.75) is 19.8 Å². The maximum atomic E-state index is 3.86. The third-order valence-electron chi connectivity index (χ3n) is 1.15. The van der Waals surface area contributed by atoms with Gasteiger partial charge in [0.2, 0.25) is 0 Å². The molecule has 0 fully saturated rings. The van der Waals surface area contributed by atoms with Crippen molar-refractivity contribution < 1.29 is 0 Å². The SMILES string of the molecule is CC(C)c1[c]ncnc1. The smallest absolute Gasteiger partial charge is 0.116 e. The van der Waals surface area contributed by atoms with E-state index in [-0.39, 0.29) is 0 Å². The molecule has 9 heavy (non-hydrogen) atoms. The molecular weight excluding hydrogens is 112 g/mol. The quantitative estimate of drug-likeness (QED) is 0.561. The van der Waals surface area contributed by atoms with Crippen molar-refractivity contribution in [1.82, 2.24) is 9.97 Å². The molecule has 47 valence electrons. The highest BCUT2D eigenvalue weighted by atomic mass is 14.8. The van der Waals surface area contributed by atoms with E-state index >= 15 is 0 Å². The van der Waals surface area contributed by atoms with E-state index in [0.29, 0.717) is 5.92 Å². The Kier molecular flexibility index (Phi) is 1.78. The summed E-state index contributed by atoms with van der Waals surface area (Å²) >= 11 is 0. The topological polar surface area (TPSA) is 25.8 Å². The van der Waals surface area contributed by atoms with Gasteiger partial charge in [-0.1, -0.05) is 13.8 Å². The van der Waals surface area contributed by atoms with Crippen LogP contribution < -0.4 is 0 Å².